The van der Waals surface area contributed by atoms with Gasteiger partial charge in [-0.15, -0.1) is 0 Å². The topological polar surface area (TPSA) is 74.7 Å². The van der Waals surface area contributed by atoms with E-state index in [0.717, 1.165) is 24.3 Å². The van der Waals surface area contributed by atoms with E-state index in [2.05, 4.69) is 29.3 Å². The first-order valence-electron chi connectivity index (χ1n) is 6.82. The van der Waals surface area contributed by atoms with Gasteiger partial charge in [-0.2, -0.15) is 5.26 Å². The number of aromatic nitrogens is 2. The van der Waals surface area contributed by atoms with Gasteiger partial charge in [0, 0.05) is 18.2 Å². The Morgan fingerprint density at radius 1 is 1.35 bits per heavy atom. The van der Waals surface area contributed by atoms with Crippen molar-refractivity contribution in [2.24, 2.45) is 0 Å². The van der Waals surface area contributed by atoms with Crippen molar-refractivity contribution in [2.75, 3.05) is 5.32 Å². The van der Waals surface area contributed by atoms with Gasteiger partial charge in [-0.1, -0.05) is 19.0 Å². The van der Waals surface area contributed by atoms with E-state index < -0.39 is 0 Å². The van der Waals surface area contributed by atoms with Crippen molar-refractivity contribution in [3.63, 3.8) is 0 Å². The van der Waals surface area contributed by atoms with E-state index in [4.69, 9.17) is 9.78 Å². The van der Waals surface area contributed by atoms with Crippen LogP contribution in [0.4, 0.5) is 5.82 Å². The molecule has 20 heavy (non-hydrogen) atoms. The molecule has 0 saturated carbocycles. The summed E-state index contributed by atoms with van der Waals surface area (Å²) in [5, 5.41) is 16.0. The zero-order valence-corrected chi connectivity index (χ0v) is 11.8. The largest absolute Gasteiger partial charge is 0.363 e. The van der Waals surface area contributed by atoms with E-state index in [9.17, 15) is 0 Å². The molecule has 5 heteroatoms. The summed E-state index contributed by atoms with van der Waals surface area (Å²) in [5.74, 6) is 1.96. The van der Waals surface area contributed by atoms with Crippen LogP contribution in [0.25, 0.3) is 0 Å². The number of nitrogens with one attached hydrogen (secondary N) is 1. The van der Waals surface area contributed by atoms with Crippen molar-refractivity contribution >= 4 is 5.82 Å². The summed E-state index contributed by atoms with van der Waals surface area (Å²) in [6.07, 6.45) is 3.67. The maximum absolute atomic E-state index is 8.70. The Morgan fingerprint density at radius 2 is 2.15 bits per heavy atom. The molecule has 0 bridgehead atoms. The lowest BCUT2D eigenvalue weighted by Crippen LogP contribution is -2.00. The van der Waals surface area contributed by atoms with Crippen molar-refractivity contribution in [3.8, 4) is 6.07 Å². The molecule has 0 saturated heterocycles. The van der Waals surface area contributed by atoms with Gasteiger partial charge >= 0.3 is 0 Å². The first kappa shape index (κ1) is 14.1. The third-order valence-corrected chi connectivity index (χ3v) is 3.32. The standard InChI is InChI=1S/C15H18N4O/c1-3-12(4-2)14-7-13(20-19-14)10-18-15-6-5-11(8-16)9-17-15/h5-7,9,12H,3-4,10H2,1-2H3,(H,17,18). The quantitative estimate of drug-likeness (QED) is 0.870. The third-order valence-electron chi connectivity index (χ3n) is 3.32. The highest BCUT2D eigenvalue weighted by molar-refractivity contribution is 5.39. The van der Waals surface area contributed by atoms with Gasteiger partial charge in [0.1, 0.15) is 11.9 Å². The normalized spacial score (nSPS) is 10.5. The zero-order valence-electron chi connectivity index (χ0n) is 11.8. The van der Waals surface area contributed by atoms with Crippen LogP contribution in [0, 0.1) is 11.3 Å². The molecule has 0 aliphatic carbocycles. The first-order chi connectivity index (χ1) is 9.76. The fourth-order valence-electron chi connectivity index (χ4n) is 2.05. The lowest BCUT2D eigenvalue weighted by Gasteiger charge is -2.06. The van der Waals surface area contributed by atoms with Crippen molar-refractivity contribution < 1.29 is 4.52 Å². The maximum Gasteiger partial charge on any atom is 0.156 e. The van der Waals surface area contributed by atoms with Crippen molar-refractivity contribution in [3.05, 3.63) is 41.4 Å². The molecule has 104 valence electrons. The molecule has 0 atom stereocenters. The van der Waals surface area contributed by atoms with Gasteiger partial charge in [0.05, 0.1) is 17.8 Å². The molecule has 5 nitrogen and oxygen atoms in total. The number of hydrogen-bond acceptors (Lipinski definition) is 5. The van der Waals surface area contributed by atoms with Crippen LogP contribution in [0.2, 0.25) is 0 Å². The number of anilines is 1. The summed E-state index contributed by atoms with van der Waals surface area (Å²) >= 11 is 0. The minimum atomic E-state index is 0.459. The van der Waals surface area contributed by atoms with Gasteiger partial charge in [-0.3, -0.25) is 0 Å². The fraction of sp³-hybridized carbons (Fsp3) is 0.400. The molecule has 2 heterocycles. The first-order valence-corrected chi connectivity index (χ1v) is 6.82. The Labute approximate surface area is 118 Å². The molecule has 0 unspecified atom stereocenters. The lowest BCUT2D eigenvalue weighted by molar-refractivity contribution is 0.375. The molecule has 2 rings (SSSR count). The van der Waals surface area contributed by atoms with Gasteiger partial charge in [0.15, 0.2) is 5.76 Å². The maximum atomic E-state index is 8.70. The Morgan fingerprint density at radius 3 is 2.75 bits per heavy atom. The number of nitrogens with zero attached hydrogens (tertiary/aromatic N) is 3. The van der Waals surface area contributed by atoms with E-state index in [0.29, 0.717) is 23.8 Å². The van der Waals surface area contributed by atoms with Crippen molar-refractivity contribution in [1.29, 1.82) is 5.26 Å². The molecule has 0 aromatic carbocycles. The summed E-state index contributed by atoms with van der Waals surface area (Å²) < 4.78 is 5.32. The van der Waals surface area contributed by atoms with E-state index in [1.807, 2.05) is 12.1 Å². The smallest absolute Gasteiger partial charge is 0.156 e. The van der Waals surface area contributed by atoms with Crippen LogP contribution < -0.4 is 5.32 Å². The number of nitriles is 1. The van der Waals surface area contributed by atoms with E-state index >= 15 is 0 Å². The Bertz CT molecular complexity index is 579. The SMILES string of the molecule is CCC(CC)c1cc(CNc2ccc(C#N)cn2)on1. The molecular weight excluding hydrogens is 252 g/mol. The highest BCUT2D eigenvalue weighted by Gasteiger charge is 2.12. The Kier molecular flexibility index (Phi) is 4.72. The van der Waals surface area contributed by atoms with E-state index in [-0.39, 0.29) is 0 Å². The summed E-state index contributed by atoms with van der Waals surface area (Å²) in [5.41, 5.74) is 1.56. The third kappa shape index (κ3) is 3.35. The summed E-state index contributed by atoms with van der Waals surface area (Å²) in [6.45, 7) is 4.84. The lowest BCUT2D eigenvalue weighted by atomic mass is 9.99. The fourth-order valence-corrected chi connectivity index (χ4v) is 2.05. The number of pyridine rings is 1. The molecule has 0 amide bonds. The zero-order chi connectivity index (χ0) is 14.4. The molecule has 0 radical (unpaired) electrons. The molecule has 0 aliphatic heterocycles. The van der Waals surface area contributed by atoms with Crippen LogP contribution in [-0.4, -0.2) is 10.1 Å². The highest BCUT2D eigenvalue weighted by atomic mass is 16.5. The van der Waals surface area contributed by atoms with Crippen LogP contribution in [0.3, 0.4) is 0 Å². The van der Waals surface area contributed by atoms with Crippen LogP contribution in [0.1, 0.15) is 49.6 Å². The molecule has 2 aromatic rings. The van der Waals surface area contributed by atoms with Crippen LogP contribution >= 0.6 is 0 Å². The van der Waals surface area contributed by atoms with Crippen LogP contribution in [-0.2, 0) is 6.54 Å². The molecule has 0 aliphatic rings. The summed E-state index contributed by atoms with van der Waals surface area (Å²) in [7, 11) is 0. The molecular formula is C15H18N4O. The van der Waals surface area contributed by atoms with Gasteiger partial charge in [-0.25, -0.2) is 4.98 Å². The van der Waals surface area contributed by atoms with E-state index in [1.54, 1.807) is 18.3 Å². The van der Waals surface area contributed by atoms with Gasteiger partial charge in [0.2, 0.25) is 0 Å². The predicted molar refractivity (Wildman–Crippen MR) is 76.1 cm³/mol. The van der Waals surface area contributed by atoms with Crippen molar-refractivity contribution in [1.82, 2.24) is 10.1 Å². The Balaban J connectivity index is 1.95. The second-order valence-electron chi connectivity index (χ2n) is 4.63. The predicted octanol–water partition coefficient (Wildman–Crippen LogP) is 3.46. The summed E-state index contributed by atoms with van der Waals surface area (Å²) in [4.78, 5) is 4.14. The second kappa shape index (κ2) is 6.71. The van der Waals surface area contributed by atoms with Gasteiger partial charge in [0.25, 0.3) is 0 Å². The van der Waals surface area contributed by atoms with Gasteiger partial charge < -0.3 is 9.84 Å². The monoisotopic (exact) mass is 270 g/mol. The van der Waals surface area contributed by atoms with Crippen molar-refractivity contribution in [2.45, 2.75) is 39.2 Å². The average molecular weight is 270 g/mol. The second-order valence-corrected chi connectivity index (χ2v) is 4.63. The Hall–Kier alpha value is -2.35. The average Bonchev–Trinajstić information content (AvgIpc) is 2.96. The van der Waals surface area contributed by atoms with Gasteiger partial charge in [-0.05, 0) is 25.0 Å². The highest BCUT2D eigenvalue weighted by Crippen LogP contribution is 2.22. The number of hydrogen-bond donors (Lipinski definition) is 1. The molecule has 2 aromatic heterocycles. The summed E-state index contributed by atoms with van der Waals surface area (Å²) in [6, 6.07) is 7.53. The molecule has 1 N–H and O–H groups in total. The molecule has 0 spiro atoms. The van der Waals surface area contributed by atoms with Crippen LogP contribution in [0.5, 0.6) is 0 Å². The van der Waals surface area contributed by atoms with E-state index in [1.165, 1.54) is 0 Å². The minimum absolute atomic E-state index is 0.459. The van der Waals surface area contributed by atoms with Crippen LogP contribution in [0.15, 0.2) is 28.9 Å². The molecule has 0 fully saturated rings. The number of rotatable bonds is 6. The minimum Gasteiger partial charge on any atom is -0.363 e.